The van der Waals surface area contributed by atoms with E-state index in [0.717, 1.165) is 11.3 Å². The van der Waals surface area contributed by atoms with Gasteiger partial charge in [0.15, 0.2) is 5.69 Å². The minimum atomic E-state index is -0.538. The van der Waals surface area contributed by atoms with Gasteiger partial charge >= 0.3 is 5.97 Å². The lowest BCUT2D eigenvalue weighted by molar-refractivity contribution is 0.0594. The second-order valence-corrected chi connectivity index (χ2v) is 5.20. The molecule has 5 heteroatoms. The summed E-state index contributed by atoms with van der Waals surface area (Å²) in [6.07, 6.45) is 0. The first kappa shape index (κ1) is 15.0. The van der Waals surface area contributed by atoms with Gasteiger partial charge in [-0.05, 0) is 48.9 Å². The molecule has 3 aromatic rings. The number of anilines is 2. The first-order valence-electron chi connectivity index (χ1n) is 7.09. The molecule has 0 aliphatic heterocycles. The normalized spacial score (nSPS) is 10.6. The monoisotopic (exact) mass is 310 g/mol. The van der Waals surface area contributed by atoms with Crippen LogP contribution in [0.1, 0.15) is 16.1 Å². The number of aryl methyl sites for hydroxylation is 1. The van der Waals surface area contributed by atoms with Crippen LogP contribution in [0.25, 0.3) is 10.9 Å². The molecule has 23 heavy (non-hydrogen) atoms. The Bertz CT molecular complexity index is 893. The molecule has 1 N–H and O–H groups in total. The highest BCUT2D eigenvalue weighted by atomic mass is 19.1. The van der Waals surface area contributed by atoms with Gasteiger partial charge in [0, 0.05) is 11.1 Å². The fourth-order valence-electron chi connectivity index (χ4n) is 2.39. The number of pyridine rings is 1. The molecule has 0 saturated heterocycles. The molecule has 0 aliphatic carbocycles. The Labute approximate surface area is 132 Å². The van der Waals surface area contributed by atoms with Gasteiger partial charge < -0.3 is 10.1 Å². The third-order valence-electron chi connectivity index (χ3n) is 3.46. The van der Waals surface area contributed by atoms with E-state index in [0.29, 0.717) is 16.6 Å². The Morgan fingerprint density at radius 2 is 2.00 bits per heavy atom. The van der Waals surface area contributed by atoms with Crippen molar-refractivity contribution in [3.05, 3.63) is 65.6 Å². The molecule has 1 aromatic heterocycles. The number of aromatic nitrogens is 1. The highest BCUT2D eigenvalue weighted by Gasteiger charge is 2.13. The average molecular weight is 310 g/mol. The van der Waals surface area contributed by atoms with Crippen LogP contribution in [0, 0.1) is 12.7 Å². The Morgan fingerprint density at radius 3 is 2.74 bits per heavy atom. The van der Waals surface area contributed by atoms with E-state index in [4.69, 9.17) is 4.74 Å². The molecule has 0 radical (unpaired) electrons. The summed E-state index contributed by atoms with van der Waals surface area (Å²) >= 11 is 0. The molecule has 0 unspecified atom stereocenters. The quantitative estimate of drug-likeness (QED) is 0.736. The zero-order valence-corrected chi connectivity index (χ0v) is 12.8. The molecule has 0 bridgehead atoms. The maximum Gasteiger partial charge on any atom is 0.356 e. The van der Waals surface area contributed by atoms with Crippen LogP contribution in [0.4, 0.5) is 15.8 Å². The van der Waals surface area contributed by atoms with Crippen LogP contribution in [0.15, 0.2) is 48.5 Å². The summed E-state index contributed by atoms with van der Waals surface area (Å²) in [5.41, 5.74) is 3.22. The van der Waals surface area contributed by atoms with Crippen LogP contribution in [0.2, 0.25) is 0 Å². The second kappa shape index (κ2) is 6.04. The van der Waals surface area contributed by atoms with Crippen LogP contribution in [0.5, 0.6) is 0 Å². The molecule has 0 amide bonds. The molecule has 0 fully saturated rings. The van der Waals surface area contributed by atoms with Gasteiger partial charge in [-0.3, -0.25) is 0 Å². The Morgan fingerprint density at radius 1 is 1.17 bits per heavy atom. The number of methoxy groups -OCH3 is 1. The molecule has 0 aliphatic rings. The van der Waals surface area contributed by atoms with Crippen LogP contribution in [0.3, 0.4) is 0 Å². The number of halogens is 1. The average Bonchev–Trinajstić information content (AvgIpc) is 2.54. The van der Waals surface area contributed by atoms with Gasteiger partial charge in [0.1, 0.15) is 5.82 Å². The molecule has 2 aromatic carbocycles. The van der Waals surface area contributed by atoms with E-state index in [1.54, 1.807) is 12.1 Å². The molecule has 4 nitrogen and oxygen atoms in total. The summed E-state index contributed by atoms with van der Waals surface area (Å²) in [7, 11) is 1.30. The Hall–Kier alpha value is -2.95. The van der Waals surface area contributed by atoms with Crippen LogP contribution in [-0.2, 0) is 4.74 Å². The van der Waals surface area contributed by atoms with Gasteiger partial charge in [0.05, 0.1) is 18.3 Å². The third kappa shape index (κ3) is 3.13. The number of benzene rings is 2. The zero-order valence-electron chi connectivity index (χ0n) is 12.8. The van der Waals surface area contributed by atoms with Crippen molar-refractivity contribution in [2.75, 3.05) is 12.4 Å². The van der Waals surface area contributed by atoms with Gasteiger partial charge in [-0.2, -0.15) is 0 Å². The smallest absolute Gasteiger partial charge is 0.356 e. The molecular formula is C18H15FN2O2. The molecule has 3 rings (SSSR count). The van der Waals surface area contributed by atoms with Gasteiger partial charge in [-0.25, -0.2) is 14.2 Å². The van der Waals surface area contributed by atoms with E-state index in [1.807, 2.05) is 31.2 Å². The number of esters is 1. The van der Waals surface area contributed by atoms with Crippen molar-refractivity contribution in [2.45, 2.75) is 6.92 Å². The van der Waals surface area contributed by atoms with E-state index in [9.17, 15) is 9.18 Å². The Kier molecular flexibility index (Phi) is 3.93. The van der Waals surface area contributed by atoms with E-state index in [1.165, 1.54) is 19.2 Å². The maximum absolute atomic E-state index is 13.6. The summed E-state index contributed by atoms with van der Waals surface area (Å²) in [4.78, 5) is 16.0. The highest BCUT2D eigenvalue weighted by Crippen LogP contribution is 2.28. The molecule has 0 saturated carbocycles. The lowest BCUT2D eigenvalue weighted by atomic mass is 10.1. The summed E-state index contributed by atoms with van der Waals surface area (Å²) < 4.78 is 18.3. The van der Waals surface area contributed by atoms with E-state index < -0.39 is 5.97 Å². The topological polar surface area (TPSA) is 51.2 Å². The standard InChI is InChI=1S/C18H15FN2O2/c1-11-4-3-5-13(8-11)20-16-10-17(18(22)23-2)21-15-7-6-12(19)9-14(15)16/h3-10H,1-2H3,(H,20,21). The Balaban J connectivity index is 2.15. The van der Waals surface area contributed by atoms with Crippen molar-refractivity contribution in [1.29, 1.82) is 0 Å². The number of hydrogen-bond acceptors (Lipinski definition) is 4. The molecule has 0 atom stereocenters. The molecular weight excluding hydrogens is 295 g/mol. The van der Waals surface area contributed by atoms with Crippen LogP contribution < -0.4 is 5.32 Å². The second-order valence-electron chi connectivity index (χ2n) is 5.20. The SMILES string of the molecule is COC(=O)c1cc(Nc2cccc(C)c2)c2cc(F)ccc2n1. The minimum Gasteiger partial charge on any atom is -0.464 e. The lowest BCUT2D eigenvalue weighted by Gasteiger charge is -2.12. The maximum atomic E-state index is 13.6. The first-order valence-corrected chi connectivity index (χ1v) is 7.09. The highest BCUT2D eigenvalue weighted by molar-refractivity contribution is 5.98. The summed E-state index contributed by atoms with van der Waals surface area (Å²) in [6, 6.07) is 13.6. The van der Waals surface area contributed by atoms with Crippen molar-refractivity contribution in [3.63, 3.8) is 0 Å². The number of nitrogens with zero attached hydrogens (tertiary/aromatic N) is 1. The number of carbonyl (C=O) groups excluding carboxylic acids is 1. The number of rotatable bonds is 3. The van der Waals surface area contributed by atoms with Gasteiger partial charge in [0.2, 0.25) is 0 Å². The van der Waals surface area contributed by atoms with Gasteiger partial charge in [0.25, 0.3) is 0 Å². The van der Waals surface area contributed by atoms with E-state index in [-0.39, 0.29) is 11.5 Å². The fraction of sp³-hybridized carbons (Fsp3) is 0.111. The van der Waals surface area contributed by atoms with Crippen LogP contribution in [-0.4, -0.2) is 18.1 Å². The number of carbonyl (C=O) groups is 1. The van der Waals surface area contributed by atoms with Gasteiger partial charge in [-0.1, -0.05) is 12.1 Å². The predicted molar refractivity (Wildman–Crippen MR) is 87.5 cm³/mol. The van der Waals surface area contributed by atoms with E-state index >= 15 is 0 Å². The van der Waals surface area contributed by atoms with Crippen molar-refractivity contribution in [3.8, 4) is 0 Å². The number of nitrogens with one attached hydrogen (secondary N) is 1. The largest absolute Gasteiger partial charge is 0.464 e. The summed E-state index contributed by atoms with van der Waals surface area (Å²) in [5, 5.41) is 3.82. The minimum absolute atomic E-state index is 0.168. The predicted octanol–water partition coefficient (Wildman–Crippen LogP) is 4.21. The van der Waals surface area contributed by atoms with E-state index in [2.05, 4.69) is 10.3 Å². The molecule has 116 valence electrons. The zero-order chi connectivity index (χ0) is 16.4. The number of fused-ring (bicyclic) bond motifs is 1. The first-order chi connectivity index (χ1) is 11.1. The summed E-state index contributed by atoms with van der Waals surface area (Å²) in [5.74, 6) is -0.902. The van der Waals surface area contributed by atoms with Crippen molar-refractivity contribution < 1.29 is 13.9 Å². The van der Waals surface area contributed by atoms with Crippen molar-refractivity contribution in [1.82, 2.24) is 4.98 Å². The summed E-state index contributed by atoms with van der Waals surface area (Å²) in [6.45, 7) is 1.98. The van der Waals surface area contributed by atoms with Crippen molar-refractivity contribution in [2.24, 2.45) is 0 Å². The van der Waals surface area contributed by atoms with Gasteiger partial charge in [-0.15, -0.1) is 0 Å². The third-order valence-corrected chi connectivity index (χ3v) is 3.46. The number of ether oxygens (including phenoxy) is 1. The lowest BCUT2D eigenvalue weighted by Crippen LogP contribution is -2.06. The molecule has 0 spiro atoms. The number of hydrogen-bond donors (Lipinski definition) is 1. The molecule has 1 heterocycles. The van der Waals surface area contributed by atoms with Crippen molar-refractivity contribution >= 4 is 28.2 Å². The fourth-order valence-corrected chi connectivity index (χ4v) is 2.39. The van der Waals surface area contributed by atoms with Crippen LogP contribution >= 0.6 is 0 Å².